The zero-order valence-corrected chi connectivity index (χ0v) is 15.7. The molecule has 0 aliphatic heterocycles. The van der Waals surface area contributed by atoms with E-state index in [4.69, 9.17) is 0 Å². The van der Waals surface area contributed by atoms with E-state index in [1.54, 1.807) is 0 Å². The van der Waals surface area contributed by atoms with Crippen LogP contribution in [-0.2, 0) is 6.54 Å². The Bertz CT molecular complexity index is 434. The van der Waals surface area contributed by atoms with Gasteiger partial charge in [-0.15, -0.1) is 0 Å². The van der Waals surface area contributed by atoms with Gasteiger partial charge in [0, 0.05) is 48.0 Å². The van der Waals surface area contributed by atoms with E-state index >= 15 is 0 Å². The van der Waals surface area contributed by atoms with Crippen LogP contribution < -0.4 is 10.2 Å². The number of halogens is 1. The predicted octanol–water partition coefficient (Wildman–Crippen LogP) is 3.12. The lowest BCUT2D eigenvalue weighted by molar-refractivity contribution is 0.372. The zero-order valence-electron chi connectivity index (χ0n) is 14.2. The van der Waals surface area contributed by atoms with Gasteiger partial charge in [0.05, 0.1) is 0 Å². The fraction of sp³-hybridized carbons (Fsp3) is 0.688. The molecule has 0 amide bonds. The topological polar surface area (TPSA) is 31.4 Å². The number of hydrogen-bond acceptors (Lipinski definition) is 4. The highest BCUT2D eigenvalue weighted by molar-refractivity contribution is 9.10. The average molecular weight is 357 g/mol. The third kappa shape index (κ3) is 5.93. The van der Waals surface area contributed by atoms with Crippen LogP contribution in [-0.4, -0.2) is 49.2 Å². The van der Waals surface area contributed by atoms with Crippen LogP contribution in [0.4, 0.5) is 5.82 Å². The molecule has 1 heterocycles. The number of likely N-dealkylation sites (N-methyl/N-ethyl adjacent to an activating group) is 2. The quantitative estimate of drug-likeness (QED) is 0.775. The van der Waals surface area contributed by atoms with E-state index in [9.17, 15) is 0 Å². The lowest BCUT2D eigenvalue weighted by Crippen LogP contribution is -2.41. The van der Waals surface area contributed by atoms with Gasteiger partial charge in [0.2, 0.25) is 0 Å². The number of hydrogen-bond donors (Lipinski definition) is 1. The van der Waals surface area contributed by atoms with Gasteiger partial charge in [0.1, 0.15) is 5.82 Å². The van der Waals surface area contributed by atoms with Crippen molar-refractivity contribution >= 4 is 21.7 Å². The van der Waals surface area contributed by atoms with Crippen molar-refractivity contribution in [2.75, 3.05) is 32.1 Å². The number of pyridine rings is 1. The summed E-state index contributed by atoms with van der Waals surface area (Å²) in [6.07, 6.45) is 1.89. The molecule has 4 nitrogen and oxygen atoms in total. The van der Waals surface area contributed by atoms with Crippen molar-refractivity contribution in [2.24, 2.45) is 0 Å². The minimum absolute atomic E-state index is 0.427. The van der Waals surface area contributed by atoms with E-state index in [1.165, 1.54) is 5.56 Å². The van der Waals surface area contributed by atoms with Crippen molar-refractivity contribution < 1.29 is 0 Å². The fourth-order valence-electron chi connectivity index (χ4n) is 2.47. The molecule has 1 aromatic heterocycles. The van der Waals surface area contributed by atoms with Crippen LogP contribution in [0.3, 0.4) is 0 Å². The minimum Gasteiger partial charge on any atom is -0.353 e. The Morgan fingerprint density at radius 1 is 1.29 bits per heavy atom. The Morgan fingerprint density at radius 2 is 1.95 bits per heavy atom. The van der Waals surface area contributed by atoms with Crippen LogP contribution in [0.15, 0.2) is 16.7 Å². The molecule has 1 N–H and O–H groups in total. The van der Waals surface area contributed by atoms with Gasteiger partial charge >= 0.3 is 0 Å². The largest absolute Gasteiger partial charge is 0.353 e. The van der Waals surface area contributed by atoms with Gasteiger partial charge in [-0.05, 0) is 49.9 Å². The first-order valence-electron chi connectivity index (χ1n) is 7.64. The first-order valence-corrected chi connectivity index (χ1v) is 8.43. The third-order valence-corrected chi connectivity index (χ3v) is 3.82. The average Bonchev–Trinajstić information content (AvgIpc) is 2.38. The highest BCUT2D eigenvalue weighted by Gasteiger charge is 2.18. The second-order valence-electron chi connectivity index (χ2n) is 6.07. The third-order valence-electron chi connectivity index (χ3n) is 3.38. The van der Waals surface area contributed by atoms with E-state index in [0.717, 1.165) is 29.9 Å². The molecular formula is C16H29BrN4. The number of nitrogens with one attached hydrogen (secondary N) is 1. The standard InChI is InChI=1S/C16H29BrN4/c1-7-21(13(4)11-20(5)6)16-14(9-18-12(2)3)8-15(17)10-19-16/h8,10,12-13,18H,7,9,11H2,1-6H3. The molecule has 0 bridgehead atoms. The summed E-state index contributed by atoms with van der Waals surface area (Å²) in [4.78, 5) is 9.28. The second kappa shape index (κ2) is 8.71. The molecule has 0 saturated carbocycles. The van der Waals surface area contributed by atoms with Crippen LogP contribution >= 0.6 is 15.9 Å². The Labute approximate surface area is 138 Å². The van der Waals surface area contributed by atoms with Crippen LogP contribution in [0, 0.1) is 0 Å². The summed E-state index contributed by atoms with van der Waals surface area (Å²) in [7, 11) is 4.22. The van der Waals surface area contributed by atoms with Gasteiger partial charge in [0.15, 0.2) is 0 Å². The Morgan fingerprint density at radius 3 is 2.48 bits per heavy atom. The summed E-state index contributed by atoms with van der Waals surface area (Å²) in [5.41, 5.74) is 1.24. The van der Waals surface area contributed by atoms with E-state index in [2.05, 4.69) is 83.9 Å². The molecule has 0 radical (unpaired) electrons. The summed E-state index contributed by atoms with van der Waals surface area (Å²) in [5.74, 6) is 1.09. The van der Waals surface area contributed by atoms with E-state index in [1.807, 2.05) is 6.20 Å². The van der Waals surface area contributed by atoms with Crippen LogP contribution in [0.5, 0.6) is 0 Å². The molecule has 0 spiro atoms. The van der Waals surface area contributed by atoms with E-state index in [-0.39, 0.29) is 0 Å². The molecule has 1 unspecified atom stereocenters. The van der Waals surface area contributed by atoms with Gasteiger partial charge in [-0.1, -0.05) is 13.8 Å². The number of aromatic nitrogens is 1. The summed E-state index contributed by atoms with van der Waals surface area (Å²) < 4.78 is 1.03. The lowest BCUT2D eigenvalue weighted by Gasteiger charge is -2.32. The van der Waals surface area contributed by atoms with Crippen LogP contribution in [0.25, 0.3) is 0 Å². The van der Waals surface area contributed by atoms with Gasteiger partial charge < -0.3 is 15.1 Å². The van der Waals surface area contributed by atoms with Gasteiger partial charge in [0.25, 0.3) is 0 Å². The first kappa shape index (κ1) is 18.4. The smallest absolute Gasteiger partial charge is 0.133 e. The van der Waals surface area contributed by atoms with E-state index < -0.39 is 0 Å². The molecule has 1 atom stereocenters. The Hall–Kier alpha value is -0.650. The van der Waals surface area contributed by atoms with Gasteiger partial charge in [-0.25, -0.2) is 4.98 Å². The summed E-state index contributed by atoms with van der Waals surface area (Å²) in [5, 5.41) is 3.49. The van der Waals surface area contributed by atoms with Crippen molar-refractivity contribution in [1.82, 2.24) is 15.2 Å². The Balaban J connectivity index is 3.01. The maximum atomic E-state index is 4.68. The summed E-state index contributed by atoms with van der Waals surface area (Å²) in [6.45, 7) is 11.6. The molecule has 21 heavy (non-hydrogen) atoms. The summed E-state index contributed by atoms with van der Waals surface area (Å²) >= 11 is 3.53. The molecule has 0 fully saturated rings. The van der Waals surface area contributed by atoms with Crippen LogP contribution in [0.2, 0.25) is 0 Å². The zero-order chi connectivity index (χ0) is 16.0. The maximum absolute atomic E-state index is 4.68. The van der Waals surface area contributed by atoms with Crippen molar-refractivity contribution in [3.63, 3.8) is 0 Å². The highest BCUT2D eigenvalue weighted by Crippen LogP contribution is 2.23. The molecule has 0 aliphatic carbocycles. The fourth-order valence-corrected chi connectivity index (χ4v) is 2.85. The molecule has 1 rings (SSSR count). The molecule has 0 saturated heterocycles. The first-order chi connectivity index (χ1) is 9.85. The molecular weight excluding hydrogens is 328 g/mol. The van der Waals surface area contributed by atoms with Crippen molar-refractivity contribution in [3.8, 4) is 0 Å². The van der Waals surface area contributed by atoms with Crippen molar-refractivity contribution in [2.45, 2.75) is 46.3 Å². The molecule has 0 aliphatic rings. The molecule has 1 aromatic rings. The molecule has 5 heteroatoms. The SMILES string of the molecule is CCN(c1ncc(Br)cc1CNC(C)C)C(C)CN(C)C. The number of nitrogens with zero attached hydrogens (tertiary/aromatic N) is 3. The second-order valence-corrected chi connectivity index (χ2v) is 6.98. The number of anilines is 1. The number of rotatable bonds is 8. The summed E-state index contributed by atoms with van der Waals surface area (Å²) in [6, 6.07) is 3.06. The molecule has 120 valence electrons. The lowest BCUT2D eigenvalue weighted by atomic mass is 10.2. The van der Waals surface area contributed by atoms with Gasteiger partial charge in [-0.2, -0.15) is 0 Å². The van der Waals surface area contributed by atoms with Gasteiger partial charge in [-0.3, -0.25) is 0 Å². The minimum atomic E-state index is 0.427. The Kier molecular flexibility index (Phi) is 7.63. The van der Waals surface area contributed by atoms with Crippen molar-refractivity contribution in [3.05, 3.63) is 22.3 Å². The highest BCUT2D eigenvalue weighted by atomic mass is 79.9. The molecule has 0 aromatic carbocycles. The van der Waals surface area contributed by atoms with Crippen molar-refractivity contribution in [1.29, 1.82) is 0 Å². The predicted molar refractivity (Wildman–Crippen MR) is 94.9 cm³/mol. The normalized spacial score (nSPS) is 13.0. The monoisotopic (exact) mass is 356 g/mol. The van der Waals surface area contributed by atoms with Crippen LogP contribution in [0.1, 0.15) is 33.3 Å². The maximum Gasteiger partial charge on any atom is 0.133 e. The van der Waals surface area contributed by atoms with E-state index in [0.29, 0.717) is 12.1 Å².